The van der Waals surface area contributed by atoms with Crippen molar-refractivity contribution in [1.82, 2.24) is 9.80 Å². The second-order valence-corrected chi connectivity index (χ2v) is 10.1. The highest BCUT2D eigenvalue weighted by atomic mass is 32.2. The number of amides is 1. The Balaban J connectivity index is 1.94. The highest BCUT2D eigenvalue weighted by Gasteiger charge is 2.21. The quantitative estimate of drug-likeness (QED) is 0.226. The van der Waals surface area contributed by atoms with E-state index in [0.717, 1.165) is 66.9 Å². The molecule has 0 unspecified atom stereocenters. The van der Waals surface area contributed by atoms with E-state index in [4.69, 9.17) is 5.73 Å². The number of carbonyl (C=O) groups excluding carboxylic acids is 2. The number of fused-ring (bicyclic) bond motifs is 1. The van der Waals surface area contributed by atoms with Gasteiger partial charge in [-0.3, -0.25) is 9.59 Å². The summed E-state index contributed by atoms with van der Waals surface area (Å²) in [6.45, 7) is 6.47. The van der Waals surface area contributed by atoms with Crippen LogP contribution in [-0.4, -0.2) is 72.9 Å². The van der Waals surface area contributed by atoms with Gasteiger partial charge in [0.05, 0.1) is 17.7 Å². The minimum absolute atomic E-state index is 0.0215. The van der Waals surface area contributed by atoms with E-state index in [1.54, 1.807) is 24.2 Å². The highest BCUT2D eigenvalue weighted by Crippen LogP contribution is 2.34. The van der Waals surface area contributed by atoms with E-state index in [1.807, 2.05) is 53.3 Å². The average molecular weight is 520 g/mol. The molecule has 1 amide bonds. The molecule has 2 aromatic carbocycles. The summed E-state index contributed by atoms with van der Waals surface area (Å²) in [5.74, 6) is 1.44. The van der Waals surface area contributed by atoms with Crippen LogP contribution in [0.4, 0.5) is 11.4 Å². The lowest BCUT2D eigenvalue weighted by Crippen LogP contribution is -2.34. The van der Waals surface area contributed by atoms with Crippen LogP contribution in [0, 0.1) is 0 Å². The number of nitrogens with zero attached hydrogens (tertiary/aromatic N) is 4. The van der Waals surface area contributed by atoms with E-state index in [1.165, 1.54) is 0 Å². The first-order valence-corrected chi connectivity index (χ1v) is 14.1. The standard InChI is InChI=1S/C29H37N5O2S/c1-5-11-34(12-6-2)29(36)25-15-23-9-7-22(17-27(23)32-28(30)18-25)21-8-10-24(19-35)26(16-21)31-20-33(3)13-14-37-4/h7-10,15-17,19-20H,5-6,11-14,18H2,1-4H3,(H2,30,32)/b31-20-. The molecule has 7 nitrogen and oxygen atoms in total. The van der Waals surface area contributed by atoms with Crippen LogP contribution in [0.15, 0.2) is 52.0 Å². The third-order valence-electron chi connectivity index (χ3n) is 6.08. The monoisotopic (exact) mass is 519 g/mol. The fourth-order valence-electron chi connectivity index (χ4n) is 4.15. The molecule has 0 saturated heterocycles. The van der Waals surface area contributed by atoms with Gasteiger partial charge in [0.1, 0.15) is 5.84 Å². The van der Waals surface area contributed by atoms with Crippen molar-refractivity contribution in [2.45, 2.75) is 33.1 Å². The molecular weight excluding hydrogens is 482 g/mol. The molecule has 2 N–H and O–H groups in total. The number of hydrogen-bond donors (Lipinski definition) is 1. The Morgan fingerprint density at radius 3 is 2.49 bits per heavy atom. The zero-order chi connectivity index (χ0) is 26.8. The van der Waals surface area contributed by atoms with E-state index in [-0.39, 0.29) is 5.91 Å². The number of aliphatic imine (C=N–C) groups is 2. The van der Waals surface area contributed by atoms with Gasteiger partial charge in [0.25, 0.3) is 0 Å². The second kappa shape index (κ2) is 13.8. The van der Waals surface area contributed by atoms with Gasteiger partial charge in [0, 0.05) is 55.6 Å². The molecule has 8 heteroatoms. The summed E-state index contributed by atoms with van der Waals surface area (Å²) in [7, 11) is 1.97. The van der Waals surface area contributed by atoms with Crippen LogP contribution in [0.5, 0.6) is 0 Å². The molecule has 0 fully saturated rings. The molecule has 0 aromatic heterocycles. The summed E-state index contributed by atoms with van der Waals surface area (Å²) in [6, 6.07) is 11.5. The summed E-state index contributed by atoms with van der Waals surface area (Å²) in [4.78, 5) is 38.0. The lowest BCUT2D eigenvalue weighted by molar-refractivity contribution is -0.127. The van der Waals surface area contributed by atoms with Crippen molar-refractivity contribution in [2.24, 2.45) is 15.7 Å². The van der Waals surface area contributed by atoms with E-state index < -0.39 is 0 Å². The largest absolute Gasteiger partial charge is 0.387 e. The summed E-state index contributed by atoms with van der Waals surface area (Å²) in [5, 5.41) is 0. The van der Waals surface area contributed by atoms with Gasteiger partial charge in [-0.25, -0.2) is 9.98 Å². The average Bonchev–Trinajstić information content (AvgIpc) is 3.07. The molecule has 1 heterocycles. The normalized spacial score (nSPS) is 13.0. The van der Waals surface area contributed by atoms with Crippen LogP contribution in [0.3, 0.4) is 0 Å². The minimum atomic E-state index is 0.0215. The lowest BCUT2D eigenvalue weighted by Gasteiger charge is -2.22. The van der Waals surface area contributed by atoms with E-state index in [0.29, 0.717) is 29.1 Å². The summed E-state index contributed by atoms with van der Waals surface area (Å²) >= 11 is 1.77. The fraction of sp³-hybridized carbons (Fsp3) is 0.379. The van der Waals surface area contributed by atoms with Crippen molar-refractivity contribution >= 4 is 53.6 Å². The predicted molar refractivity (Wildman–Crippen MR) is 157 cm³/mol. The molecular formula is C29H37N5O2S. The van der Waals surface area contributed by atoms with Gasteiger partial charge in [-0.15, -0.1) is 0 Å². The van der Waals surface area contributed by atoms with Gasteiger partial charge in [-0.05, 0) is 54.5 Å². The van der Waals surface area contributed by atoms with Gasteiger partial charge >= 0.3 is 0 Å². The first-order chi connectivity index (χ1) is 17.9. The maximum atomic E-state index is 13.2. The number of hydrogen-bond acceptors (Lipinski definition) is 6. The summed E-state index contributed by atoms with van der Waals surface area (Å²) in [6.07, 6.45) is 8.71. The highest BCUT2D eigenvalue weighted by molar-refractivity contribution is 7.98. The van der Waals surface area contributed by atoms with E-state index in [9.17, 15) is 9.59 Å². The van der Waals surface area contributed by atoms with Gasteiger partial charge in [0.15, 0.2) is 6.29 Å². The molecule has 0 spiro atoms. The molecule has 0 radical (unpaired) electrons. The zero-order valence-corrected chi connectivity index (χ0v) is 23.1. The maximum Gasteiger partial charge on any atom is 0.250 e. The SMILES string of the molecule is CCCN(CCC)C(=O)C1=Cc2ccc(-c3ccc(C=O)c(/N=C\N(C)CCSC)c3)cc2N=C(N)C1. The van der Waals surface area contributed by atoms with Gasteiger partial charge in [0.2, 0.25) is 5.91 Å². The first kappa shape index (κ1) is 28.2. The molecule has 0 atom stereocenters. The number of benzene rings is 2. The number of thioether (sulfide) groups is 1. The van der Waals surface area contributed by atoms with Crippen LogP contribution in [-0.2, 0) is 4.79 Å². The zero-order valence-electron chi connectivity index (χ0n) is 22.2. The molecule has 196 valence electrons. The van der Waals surface area contributed by atoms with E-state index >= 15 is 0 Å². The van der Waals surface area contributed by atoms with Crippen molar-refractivity contribution in [3.63, 3.8) is 0 Å². The maximum absolute atomic E-state index is 13.2. The Morgan fingerprint density at radius 2 is 1.81 bits per heavy atom. The predicted octanol–water partition coefficient (Wildman–Crippen LogP) is 5.55. The fourth-order valence-corrected chi connectivity index (χ4v) is 4.62. The molecule has 1 aliphatic heterocycles. The Kier molecular flexibility index (Phi) is 10.5. The van der Waals surface area contributed by atoms with Crippen LogP contribution in [0.25, 0.3) is 17.2 Å². The summed E-state index contributed by atoms with van der Waals surface area (Å²) in [5.41, 5.74) is 11.5. The molecule has 2 aromatic rings. The molecule has 0 saturated carbocycles. The smallest absolute Gasteiger partial charge is 0.250 e. The lowest BCUT2D eigenvalue weighted by atomic mass is 9.99. The van der Waals surface area contributed by atoms with Crippen molar-refractivity contribution < 1.29 is 9.59 Å². The summed E-state index contributed by atoms with van der Waals surface area (Å²) < 4.78 is 0. The number of nitrogens with two attached hydrogens (primary N) is 1. The molecule has 3 rings (SSSR count). The van der Waals surface area contributed by atoms with Crippen LogP contribution >= 0.6 is 11.8 Å². The third kappa shape index (κ3) is 7.55. The second-order valence-electron chi connectivity index (χ2n) is 9.12. The number of rotatable bonds is 12. The number of amidine groups is 1. The van der Waals surface area contributed by atoms with Crippen LogP contribution in [0.1, 0.15) is 49.0 Å². The van der Waals surface area contributed by atoms with Gasteiger partial charge < -0.3 is 15.5 Å². The van der Waals surface area contributed by atoms with Crippen molar-refractivity contribution in [2.75, 3.05) is 38.7 Å². The molecule has 37 heavy (non-hydrogen) atoms. The Hall–Kier alpha value is -3.39. The van der Waals surface area contributed by atoms with Crippen molar-refractivity contribution in [3.8, 4) is 11.1 Å². The van der Waals surface area contributed by atoms with Crippen molar-refractivity contribution in [3.05, 3.63) is 53.1 Å². The topological polar surface area (TPSA) is 91.4 Å². The Morgan fingerprint density at radius 1 is 1.11 bits per heavy atom. The Bertz CT molecular complexity index is 1200. The van der Waals surface area contributed by atoms with Crippen LogP contribution < -0.4 is 5.73 Å². The molecule has 0 aliphatic carbocycles. The van der Waals surface area contributed by atoms with Crippen molar-refractivity contribution in [1.29, 1.82) is 0 Å². The molecule has 1 aliphatic rings. The van der Waals surface area contributed by atoms with Crippen LogP contribution in [0.2, 0.25) is 0 Å². The van der Waals surface area contributed by atoms with Gasteiger partial charge in [-0.1, -0.05) is 32.0 Å². The molecule has 0 bridgehead atoms. The van der Waals surface area contributed by atoms with Gasteiger partial charge in [-0.2, -0.15) is 11.8 Å². The first-order valence-electron chi connectivity index (χ1n) is 12.7. The number of carbonyl (C=O) groups is 2. The van der Waals surface area contributed by atoms with E-state index in [2.05, 4.69) is 30.1 Å². The Labute approximate surface area is 224 Å². The third-order valence-corrected chi connectivity index (χ3v) is 6.67. The number of aldehydes is 1. The minimum Gasteiger partial charge on any atom is -0.387 e.